The van der Waals surface area contributed by atoms with Crippen molar-refractivity contribution in [2.75, 3.05) is 0 Å². The number of rotatable bonds is 14. The van der Waals surface area contributed by atoms with Crippen LogP contribution in [0, 0.1) is 44.4 Å². The summed E-state index contributed by atoms with van der Waals surface area (Å²) in [6.45, 7) is 18.1. The van der Waals surface area contributed by atoms with Crippen LogP contribution < -0.4 is 9.47 Å². The molecule has 3 atom stereocenters. The average Bonchev–Trinajstić information content (AvgIpc) is 3.65. The summed E-state index contributed by atoms with van der Waals surface area (Å²) in [5.41, 5.74) is 4.42. The lowest BCUT2D eigenvalue weighted by Gasteiger charge is -2.38. The van der Waals surface area contributed by atoms with E-state index in [4.69, 9.17) is 9.47 Å². The fraction of sp³-hybridized carbons (Fsp3) is 0.788. The first-order valence-electron chi connectivity index (χ1n) is 15.0. The standard InChI is InChI=1S/C33H54O3/c1-22(2)12-9-13-23(3)14-10-15-24(4)16-11-20-33(8)21-19-29-27(7)30(35-32(34)28-17-18-28)25(5)26(6)31(29)36-33/h22-24,28H,9-21H2,1-8H3/t23-,24-,33-/m1/s1. The molecule has 0 saturated heterocycles. The molecule has 36 heavy (non-hydrogen) atoms. The molecule has 0 aromatic heterocycles. The van der Waals surface area contributed by atoms with Crippen molar-refractivity contribution in [2.24, 2.45) is 23.7 Å². The van der Waals surface area contributed by atoms with E-state index >= 15 is 0 Å². The molecule has 1 aliphatic carbocycles. The lowest BCUT2D eigenvalue weighted by Crippen LogP contribution is -2.37. The maximum atomic E-state index is 12.3. The van der Waals surface area contributed by atoms with Gasteiger partial charge in [-0.05, 0) is 101 Å². The number of carbonyl (C=O) groups is 1. The van der Waals surface area contributed by atoms with Crippen molar-refractivity contribution < 1.29 is 14.3 Å². The topological polar surface area (TPSA) is 35.5 Å². The van der Waals surface area contributed by atoms with Gasteiger partial charge in [0.15, 0.2) is 0 Å². The highest BCUT2D eigenvalue weighted by molar-refractivity contribution is 5.78. The van der Waals surface area contributed by atoms with Crippen LogP contribution >= 0.6 is 0 Å². The van der Waals surface area contributed by atoms with Crippen LogP contribution in [0.25, 0.3) is 0 Å². The molecule has 1 aromatic rings. The second kappa shape index (κ2) is 12.8. The average molecular weight is 499 g/mol. The minimum absolute atomic E-state index is 0.0585. The fourth-order valence-corrected chi connectivity index (χ4v) is 5.92. The van der Waals surface area contributed by atoms with E-state index in [9.17, 15) is 4.79 Å². The molecular formula is C33H54O3. The van der Waals surface area contributed by atoms with Crippen LogP contribution in [0.15, 0.2) is 0 Å². The number of hydrogen-bond donors (Lipinski definition) is 0. The number of fused-ring (bicyclic) bond motifs is 1. The molecule has 0 bridgehead atoms. The van der Waals surface area contributed by atoms with Crippen LogP contribution in [0.3, 0.4) is 0 Å². The molecule has 0 unspecified atom stereocenters. The van der Waals surface area contributed by atoms with E-state index in [1.54, 1.807) is 0 Å². The minimum Gasteiger partial charge on any atom is -0.487 e. The van der Waals surface area contributed by atoms with Gasteiger partial charge in [0.1, 0.15) is 17.1 Å². The zero-order valence-electron chi connectivity index (χ0n) is 24.7. The Morgan fingerprint density at radius 3 is 2.06 bits per heavy atom. The Hall–Kier alpha value is -1.51. The third-order valence-electron chi connectivity index (χ3n) is 8.95. The van der Waals surface area contributed by atoms with Gasteiger partial charge in [-0.3, -0.25) is 4.79 Å². The molecular weight excluding hydrogens is 444 g/mol. The van der Waals surface area contributed by atoms with E-state index in [0.29, 0.717) is 0 Å². The van der Waals surface area contributed by atoms with Gasteiger partial charge in [-0.25, -0.2) is 0 Å². The molecule has 3 nitrogen and oxygen atoms in total. The van der Waals surface area contributed by atoms with Crippen molar-refractivity contribution in [2.45, 2.75) is 144 Å². The van der Waals surface area contributed by atoms with E-state index < -0.39 is 0 Å². The zero-order valence-corrected chi connectivity index (χ0v) is 24.7. The van der Waals surface area contributed by atoms with Crippen LogP contribution in [-0.4, -0.2) is 11.6 Å². The predicted molar refractivity (Wildman–Crippen MR) is 151 cm³/mol. The summed E-state index contributed by atoms with van der Waals surface area (Å²) in [4.78, 5) is 12.3. The summed E-state index contributed by atoms with van der Waals surface area (Å²) >= 11 is 0. The molecule has 3 heteroatoms. The maximum absolute atomic E-state index is 12.3. The van der Waals surface area contributed by atoms with Crippen LogP contribution in [0.2, 0.25) is 0 Å². The van der Waals surface area contributed by atoms with Crippen molar-refractivity contribution in [3.8, 4) is 11.5 Å². The van der Waals surface area contributed by atoms with Gasteiger partial charge in [0.05, 0.1) is 5.92 Å². The van der Waals surface area contributed by atoms with Crippen LogP contribution in [-0.2, 0) is 11.2 Å². The molecule has 204 valence electrons. The summed E-state index contributed by atoms with van der Waals surface area (Å²) in [6.07, 6.45) is 15.9. The van der Waals surface area contributed by atoms with Crippen molar-refractivity contribution >= 4 is 5.97 Å². The van der Waals surface area contributed by atoms with Crippen molar-refractivity contribution in [3.63, 3.8) is 0 Å². The van der Waals surface area contributed by atoms with E-state index in [2.05, 4.69) is 55.4 Å². The van der Waals surface area contributed by atoms with Gasteiger partial charge in [-0.15, -0.1) is 0 Å². The quantitative estimate of drug-likeness (QED) is 0.189. The number of hydrogen-bond acceptors (Lipinski definition) is 3. The normalized spacial score (nSPS) is 21.1. The Morgan fingerprint density at radius 1 is 0.889 bits per heavy atom. The molecule has 1 heterocycles. The number of ether oxygens (including phenoxy) is 2. The first-order valence-corrected chi connectivity index (χ1v) is 15.0. The molecule has 0 radical (unpaired) electrons. The zero-order chi connectivity index (χ0) is 26.5. The SMILES string of the molecule is Cc1c(C)c2c(c(C)c1OC(=O)C1CC1)CC[C@@](C)(CCC[C@H](C)CCC[C@H](C)CCCC(C)C)O2. The van der Waals surface area contributed by atoms with Gasteiger partial charge in [-0.1, -0.05) is 72.6 Å². The first-order chi connectivity index (χ1) is 17.0. The lowest BCUT2D eigenvalue weighted by atomic mass is 9.83. The maximum Gasteiger partial charge on any atom is 0.314 e. The molecule has 0 N–H and O–H groups in total. The predicted octanol–water partition coefficient (Wildman–Crippen LogP) is 9.45. The Balaban J connectivity index is 1.46. The smallest absolute Gasteiger partial charge is 0.314 e. The van der Waals surface area contributed by atoms with Crippen molar-refractivity contribution in [1.82, 2.24) is 0 Å². The molecule has 1 fully saturated rings. The molecule has 0 amide bonds. The third kappa shape index (κ3) is 7.99. The number of benzene rings is 1. The highest BCUT2D eigenvalue weighted by Gasteiger charge is 2.36. The monoisotopic (exact) mass is 498 g/mol. The van der Waals surface area contributed by atoms with Gasteiger partial charge >= 0.3 is 5.97 Å². The van der Waals surface area contributed by atoms with Gasteiger partial charge in [0, 0.05) is 5.56 Å². The van der Waals surface area contributed by atoms with Crippen LogP contribution in [0.4, 0.5) is 0 Å². The van der Waals surface area contributed by atoms with E-state index in [1.807, 2.05) is 0 Å². The summed E-state index contributed by atoms with van der Waals surface area (Å²) in [5, 5.41) is 0. The Labute approximate surface area is 222 Å². The Bertz CT molecular complexity index is 882. The Kier molecular flexibility index (Phi) is 10.4. The summed E-state index contributed by atoms with van der Waals surface area (Å²) in [5.74, 6) is 4.38. The second-order valence-corrected chi connectivity index (χ2v) is 13.1. The third-order valence-corrected chi connectivity index (χ3v) is 8.95. The molecule has 1 aromatic carbocycles. The Morgan fingerprint density at radius 2 is 1.47 bits per heavy atom. The van der Waals surface area contributed by atoms with Crippen LogP contribution in [0.1, 0.15) is 134 Å². The molecule has 1 aliphatic heterocycles. The second-order valence-electron chi connectivity index (χ2n) is 13.1. The van der Waals surface area contributed by atoms with Crippen molar-refractivity contribution in [3.05, 3.63) is 22.3 Å². The first kappa shape index (κ1) is 29.1. The minimum atomic E-state index is -0.104. The van der Waals surface area contributed by atoms with E-state index in [0.717, 1.165) is 78.0 Å². The summed E-state index contributed by atoms with van der Waals surface area (Å²) in [7, 11) is 0. The highest BCUT2D eigenvalue weighted by atomic mass is 16.5. The highest BCUT2D eigenvalue weighted by Crippen LogP contribution is 2.45. The lowest BCUT2D eigenvalue weighted by molar-refractivity contribution is -0.135. The van der Waals surface area contributed by atoms with Gasteiger partial charge in [0.25, 0.3) is 0 Å². The fourth-order valence-electron chi connectivity index (χ4n) is 5.92. The van der Waals surface area contributed by atoms with Crippen LogP contribution in [0.5, 0.6) is 11.5 Å². The molecule has 0 spiro atoms. The molecule has 2 aliphatic rings. The summed E-state index contributed by atoms with van der Waals surface area (Å²) in [6, 6.07) is 0. The molecule has 3 rings (SSSR count). The number of esters is 1. The largest absolute Gasteiger partial charge is 0.487 e. The van der Waals surface area contributed by atoms with E-state index in [-0.39, 0.29) is 17.5 Å². The molecule has 1 saturated carbocycles. The number of carbonyl (C=O) groups excluding carboxylic acids is 1. The van der Waals surface area contributed by atoms with Gasteiger partial charge in [-0.2, -0.15) is 0 Å². The van der Waals surface area contributed by atoms with Gasteiger partial charge < -0.3 is 9.47 Å². The van der Waals surface area contributed by atoms with Crippen molar-refractivity contribution in [1.29, 1.82) is 0 Å². The van der Waals surface area contributed by atoms with E-state index in [1.165, 1.54) is 56.9 Å². The summed E-state index contributed by atoms with van der Waals surface area (Å²) < 4.78 is 12.6. The van der Waals surface area contributed by atoms with Gasteiger partial charge in [0.2, 0.25) is 0 Å².